The molecule has 3 aromatic rings. The largest absolute Gasteiger partial charge is 0.322 e. The molecule has 0 aliphatic rings. The Bertz CT molecular complexity index is 668. The van der Waals surface area contributed by atoms with Crippen molar-refractivity contribution in [3.05, 3.63) is 41.5 Å². The first-order valence-electron chi connectivity index (χ1n) is 5.45. The van der Waals surface area contributed by atoms with E-state index in [0.29, 0.717) is 6.54 Å². The summed E-state index contributed by atoms with van der Waals surface area (Å²) < 4.78 is 6.83. The Morgan fingerprint density at radius 3 is 2.76 bits per heavy atom. The van der Waals surface area contributed by atoms with Gasteiger partial charge in [-0.25, -0.2) is 9.61 Å². The lowest BCUT2D eigenvalue weighted by Gasteiger charge is -2.03. The highest BCUT2D eigenvalue weighted by Gasteiger charge is 2.11. The molecule has 0 radical (unpaired) electrons. The maximum Gasteiger partial charge on any atom is 0.127 e. The Morgan fingerprint density at radius 1 is 1.18 bits per heavy atom. The molecule has 86 valence electrons. The highest BCUT2D eigenvalue weighted by atomic mass is 16.6. The van der Waals surface area contributed by atoms with Crippen LogP contribution in [-0.2, 0) is 6.54 Å². The summed E-state index contributed by atoms with van der Waals surface area (Å²) in [6, 6.07) is 8.06. The molecule has 0 amide bonds. The number of imidazole rings is 1. The van der Waals surface area contributed by atoms with E-state index in [1.807, 2.05) is 32.0 Å². The van der Waals surface area contributed by atoms with Crippen molar-refractivity contribution in [1.82, 2.24) is 19.9 Å². The van der Waals surface area contributed by atoms with Crippen molar-refractivity contribution in [3.63, 3.8) is 0 Å². The number of rotatable bonds is 2. The molecule has 0 fully saturated rings. The van der Waals surface area contributed by atoms with E-state index in [-0.39, 0.29) is 0 Å². The molecule has 2 aromatic heterocycles. The van der Waals surface area contributed by atoms with Gasteiger partial charge in [0.25, 0.3) is 0 Å². The van der Waals surface area contributed by atoms with Crippen LogP contribution in [0.15, 0.2) is 28.9 Å². The molecule has 0 unspecified atom stereocenters. The van der Waals surface area contributed by atoms with Gasteiger partial charge in [0, 0.05) is 0 Å². The maximum absolute atomic E-state index is 4.71. The van der Waals surface area contributed by atoms with E-state index in [1.54, 1.807) is 0 Å². The van der Waals surface area contributed by atoms with Crippen molar-refractivity contribution in [2.75, 3.05) is 0 Å². The van der Waals surface area contributed by atoms with E-state index in [1.165, 1.54) is 0 Å². The van der Waals surface area contributed by atoms with E-state index < -0.39 is 0 Å². The second-order valence-electron chi connectivity index (χ2n) is 4.03. The summed E-state index contributed by atoms with van der Waals surface area (Å²) in [5.41, 5.74) is 3.77. The SMILES string of the molecule is Cc1nonc1Cn1c(C)nc2ccccc21. The molecule has 0 aliphatic heterocycles. The summed E-state index contributed by atoms with van der Waals surface area (Å²) in [4.78, 5) is 4.51. The molecule has 0 spiro atoms. The van der Waals surface area contributed by atoms with Gasteiger partial charge in [0.1, 0.15) is 17.2 Å². The van der Waals surface area contributed by atoms with Crippen LogP contribution in [0.25, 0.3) is 11.0 Å². The third-order valence-electron chi connectivity index (χ3n) is 2.90. The van der Waals surface area contributed by atoms with Gasteiger partial charge in [-0.3, -0.25) is 0 Å². The lowest BCUT2D eigenvalue weighted by atomic mass is 10.3. The van der Waals surface area contributed by atoms with Crippen LogP contribution in [-0.4, -0.2) is 19.9 Å². The first-order chi connectivity index (χ1) is 8.25. The minimum atomic E-state index is 0.641. The summed E-state index contributed by atoms with van der Waals surface area (Å²) in [6.45, 7) is 4.52. The average molecular weight is 228 g/mol. The van der Waals surface area contributed by atoms with Crippen molar-refractivity contribution in [3.8, 4) is 0 Å². The molecule has 0 saturated heterocycles. The van der Waals surface area contributed by atoms with Gasteiger partial charge in [0.15, 0.2) is 0 Å². The molecule has 0 bridgehead atoms. The molecular weight excluding hydrogens is 216 g/mol. The summed E-state index contributed by atoms with van der Waals surface area (Å²) in [5.74, 6) is 0.966. The smallest absolute Gasteiger partial charge is 0.127 e. The number of aromatic nitrogens is 4. The van der Waals surface area contributed by atoms with Crippen molar-refractivity contribution in [2.24, 2.45) is 0 Å². The van der Waals surface area contributed by atoms with Crippen molar-refractivity contribution < 1.29 is 4.63 Å². The molecule has 5 nitrogen and oxygen atoms in total. The molecule has 2 heterocycles. The molecule has 0 saturated carbocycles. The topological polar surface area (TPSA) is 56.7 Å². The van der Waals surface area contributed by atoms with E-state index in [0.717, 1.165) is 28.2 Å². The van der Waals surface area contributed by atoms with Crippen LogP contribution in [0.5, 0.6) is 0 Å². The van der Waals surface area contributed by atoms with Crippen LogP contribution in [0.3, 0.4) is 0 Å². The van der Waals surface area contributed by atoms with Gasteiger partial charge in [-0.05, 0) is 26.0 Å². The van der Waals surface area contributed by atoms with E-state index in [9.17, 15) is 0 Å². The normalized spacial score (nSPS) is 11.2. The fourth-order valence-corrected chi connectivity index (χ4v) is 1.94. The Balaban J connectivity index is 2.11. The predicted molar refractivity (Wildman–Crippen MR) is 62.6 cm³/mol. The van der Waals surface area contributed by atoms with Crippen LogP contribution in [0.2, 0.25) is 0 Å². The van der Waals surface area contributed by atoms with Gasteiger partial charge in [-0.2, -0.15) is 0 Å². The number of para-hydroxylation sites is 2. The molecule has 17 heavy (non-hydrogen) atoms. The van der Waals surface area contributed by atoms with Gasteiger partial charge in [-0.15, -0.1) is 0 Å². The van der Waals surface area contributed by atoms with Crippen LogP contribution in [0.4, 0.5) is 0 Å². The monoisotopic (exact) mass is 228 g/mol. The Kier molecular flexibility index (Phi) is 2.18. The molecular formula is C12H12N4O. The predicted octanol–water partition coefficient (Wildman–Crippen LogP) is 2.08. The highest BCUT2D eigenvalue weighted by Crippen LogP contribution is 2.17. The van der Waals surface area contributed by atoms with Crippen molar-refractivity contribution in [1.29, 1.82) is 0 Å². The van der Waals surface area contributed by atoms with E-state index in [4.69, 9.17) is 4.63 Å². The van der Waals surface area contributed by atoms with Crippen molar-refractivity contribution in [2.45, 2.75) is 20.4 Å². The first-order valence-corrected chi connectivity index (χ1v) is 5.45. The molecule has 0 atom stereocenters. The quantitative estimate of drug-likeness (QED) is 0.673. The molecule has 1 aromatic carbocycles. The van der Waals surface area contributed by atoms with Crippen LogP contribution in [0.1, 0.15) is 17.2 Å². The number of fused-ring (bicyclic) bond motifs is 1. The minimum Gasteiger partial charge on any atom is -0.322 e. The zero-order valence-electron chi connectivity index (χ0n) is 9.71. The third-order valence-corrected chi connectivity index (χ3v) is 2.90. The molecule has 5 heteroatoms. The zero-order chi connectivity index (χ0) is 11.8. The van der Waals surface area contributed by atoms with Gasteiger partial charge >= 0.3 is 0 Å². The van der Waals surface area contributed by atoms with Crippen LogP contribution in [0, 0.1) is 13.8 Å². The standard InChI is InChI=1S/C12H12N4O/c1-8-11(15-17-14-8)7-16-9(2)13-10-5-3-4-6-12(10)16/h3-6H,7H2,1-2H3. The lowest BCUT2D eigenvalue weighted by molar-refractivity contribution is 0.300. The Morgan fingerprint density at radius 2 is 2.00 bits per heavy atom. The summed E-state index contributed by atoms with van der Waals surface area (Å²) in [6.07, 6.45) is 0. The lowest BCUT2D eigenvalue weighted by Crippen LogP contribution is -2.03. The number of benzene rings is 1. The average Bonchev–Trinajstić information content (AvgIpc) is 2.85. The van der Waals surface area contributed by atoms with Gasteiger partial charge in [0.05, 0.1) is 17.6 Å². The Labute approximate surface area is 98.0 Å². The Hall–Kier alpha value is -2.17. The van der Waals surface area contributed by atoms with E-state index in [2.05, 4.69) is 25.9 Å². The second-order valence-corrected chi connectivity index (χ2v) is 4.03. The maximum atomic E-state index is 4.71. The highest BCUT2D eigenvalue weighted by molar-refractivity contribution is 5.75. The fourth-order valence-electron chi connectivity index (χ4n) is 1.94. The van der Waals surface area contributed by atoms with Crippen molar-refractivity contribution >= 4 is 11.0 Å². The van der Waals surface area contributed by atoms with Gasteiger partial charge in [-0.1, -0.05) is 22.4 Å². The van der Waals surface area contributed by atoms with Crippen LogP contribution >= 0.6 is 0 Å². The number of aryl methyl sites for hydroxylation is 2. The fraction of sp³-hybridized carbons (Fsp3) is 0.250. The third kappa shape index (κ3) is 1.60. The summed E-state index contributed by atoms with van der Waals surface area (Å²) >= 11 is 0. The van der Waals surface area contributed by atoms with E-state index >= 15 is 0 Å². The minimum absolute atomic E-state index is 0.641. The molecule has 0 N–H and O–H groups in total. The van der Waals surface area contributed by atoms with Crippen LogP contribution < -0.4 is 0 Å². The van der Waals surface area contributed by atoms with Gasteiger partial charge < -0.3 is 4.57 Å². The first kappa shape index (κ1) is 10.0. The zero-order valence-corrected chi connectivity index (χ0v) is 9.71. The van der Waals surface area contributed by atoms with Gasteiger partial charge in [0.2, 0.25) is 0 Å². The number of nitrogens with zero attached hydrogens (tertiary/aromatic N) is 4. The second kappa shape index (κ2) is 3.69. The summed E-state index contributed by atoms with van der Waals surface area (Å²) in [5, 5.41) is 7.69. The molecule has 0 aliphatic carbocycles. The number of hydrogen-bond acceptors (Lipinski definition) is 4. The summed E-state index contributed by atoms with van der Waals surface area (Å²) in [7, 11) is 0. The molecule has 3 rings (SSSR count). The number of hydrogen-bond donors (Lipinski definition) is 0.